The summed E-state index contributed by atoms with van der Waals surface area (Å²) < 4.78 is 57.2. The molecular formula is C24H47N3O9S2. The van der Waals surface area contributed by atoms with E-state index in [1.807, 2.05) is 6.92 Å². The molecule has 3 rings (SSSR count). The number of rotatable bonds is 7. The van der Waals surface area contributed by atoms with Crippen molar-refractivity contribution in [3.63, 3.8) is 0 Å². The Bertz CT molecular complexity index is 906. The van der Waals surface area contributed by atoms with E-state index in [9.17, 15) is 26.4 Å². The number of carbonyl (C=O) groups is 2. The topological polar surface area (TPSA) is 160 Å². The van der Waals surface area contributed by atoms with Gasteiger partial charge in [-0.15, -0.1) is 0 Å². The highest BCUT2D eigenvalue weighted by molar-refractivity contribution is 7.88. The summed E-state index contributed by atoms with van der Waals surface area (Å²) in [6.07, 6.45) is 6.96. The van der Waals surface area contributed by atoms with Crippen LogP contribution in [0, 0.1) is 17.8 Å². The molecule has 0 aromatic rings. The first-order chi connectivity index (χ1) is 17.8. The Labute approximate surface area is 228 Å². The Morgan fingerprint density at radius 1 is 0.737 bits per heavy atom. The summed E-state index contributed by atoms with van der Waals surface area (Å²) in [5, 5.41) is 12.0. The third kappa shape index (κ3) is 13.2. The molecule has 0 aliphatic carbocycles. The number of aliphatic hydroxyl groups excluding tert-OH is 1. The van der Waals surface area contributed by atoms with Crippen molar-refractivity contribution in [1.29, 1.82) is 0 Å². The Kier molecular flexibility index (Phi) is 15.9. The van der Waals surface area contributed by atoms with E-state index >= 15 is 0 Å². The van der Waals surface area contributed by atoms with E-state index in [1.165, 1.54) is 21.1 Å². The van der Waals surface area contributed by atoms with E-state index in [0.717, 1.165) is 38.8 Å². The fraction of sp³-hybridized carbons (Fsp3) is 0.917. The van der Waals surface area contributed by atoms with E-state index in [4.69, 9.17) is 14.6 Å². The average molecular weight is 586 g/mol. The van der Waals surface area contributed by atoms with Gasteiger partial charge in [0.2, 0.25) is 20.0 Å². The fourth-order valence-electron chi connectivity index (χ4n) is 4.42. The van der Waals surface area contributed by atoms with Gasteiger partial charge in [0.05, 0.1) is 37.6 Å². The standard InChI is InChI=1S/C9H17NO4S.C8H15NO2.C7H15NO3S/c1-3-14-9(11)8-4-6-10(7-5-8)15(2,12)13;1-2-11-8(10)7-3-5-9-6-4-7;1-12(10,11)8-4-2-7(6-9)3-5-8/h8H,3-7H2,1-2H3;7,9H,2-6H2,1H3;7,9H,2-6H2,1H3. The van der Waals surface area contributed by atoms with Crippen molar-refractivity contribution in [3.8, 4) is 0 Å². The van der Waals surface area contributed by atoms with Crippen molar-refractivity contribution < 1.29 is 41.0 Å². The fourth-order valence-corrected chi connectivity index (χ4v) is 6.17. The van der Waals surface area contributed by atoms with Gasteiger partial charge >= 0.3 is 11.9 Å². The first-order valence-corrected chi connectivity index (χ1v) is 17.1. The third-order valence-corrected chi connectivity index (χ3v) is 9.41. The minimum absolute atomic E-state index is 0.0194. The second kappa shape index (κ2) is 17.4. The maximum absolute atomic E-state index is 11.4. The van der Waals surface area contributed by atoms with E-state index in [2.05, 4.69) is 5.32 Å². The van der Waals surface area contributed by atoms with Crippen molar-refractivity contribution in [1.82, 2.24) is 13.9 Å². The smallest absolute Gasteiger partial charge is 0.309 e. The van der Waals surface area contributed by atoms with Crippen LogP contribution in [0.5, 0.6) is 0 Å². The molecule has 0 amide bonds. The van der Waals surface area contributed by atoms with Gasteiger partial charge in [0.1, 0.15) is 0 Å². The van der Waals surface area contributed by atoms with Gasteiger partial charge < -0.3 is 19.9 Å². The maximum Gasteiger partial charge on any atom is 0.309 e. The van der Waals surface area contributed by atoms with E-state index in [-0.39, 0.29) is 30.4 Å². The zero-order valence-electron chi connectivity index (χ0n) is 23.3. The molecule has 0 bridgehead atoms. The number of hydrogen-bond acceptors (Lipinski definition) is 10. The molecule has 0 aromatic heterocycles. The van der Waals surface area contributed by atoms with Gasteiger partial charge in [-0.05, 0) is 71.4 Å². The number of nitrogens with one attached hydrogen (secondary N) is 1. The first-order valence-electron chi connectivity index (χ1n) is 13.4. The highest BCUT2D eigenvalue weighted by Crippen LogP contribution is 2.20. The molecule has 224 valence electrons. The first kappa shape index (κ1) is 34.7. The zero-order chi connectivity index (χ0) is 28.8. The van der Waals surface area contributed by atoms with E-state index < -0.39 is 20.0 Å². The third-order valence-electron chi connectivity index (χ3n) is 6.80. The number of aliphatic hydroxyl groups is 1. The summed E-state index contributed by atoms with van der Waals surface area (Å²) >= 11 is 0. The lowest BCUT2D eigenvalue weighted by atomic mass is 9.98. The number of esters is 2. The van der Waals surface area contributed by atoms with Crippen molar-refractivity contribution in [2.45, 2.75) is 52.4 Å². The lowest BCUT2D eigenvalue weighted by Crippen LogP contribution is -2.40. The van der Waals surface area contributed by atoms with Crippen LogP contribution >= 0.6 is 0 Å². The van der Waals surface area contributed by atoms with Gasteiger partial charge in [-0.3, -0.25) is 9.59 Å². The van der Waals surface area contributed by atoms with E-state index in [1.54, 1.807) is 6.92 Å². The molecular weight excluding hydrogens is 538 g/mol. The Morgan fingerprint density at radius 2 is 1.11 bits per heavy atom. The number of piperidine rings is 3. The Hall–Kier alpha value is -1.32. The Balaban J connectivity index is 0.000000289. The van der Waals surface area contributed by atoms with Crippen LogP contribution < -0.4 is 5.32 Å². The predicted octanol–water partition coefficient (Wildman–Crippen LogP) is 0.421. The van der Waals surface area contributed by atoms with Crippen LogP contribution in [0.3, 0.4) is 0 Å². The molecule has 3 fully saturated rings. The van der Waals surface area contributed by atoms with Crippen LogP contribution in [0.15, 0.2) is 0 Å². The van der Waals surface area contributed by atoms with Crippen LogP contribution in [0.25, 0.3) is 0 Å². The molecule has 0 aromatic carbocycles. The second-order valence-corrected chi connectivity index (χ2v) is 13.7. The molecule has 0 saturated carbocycles. The minimum atomic E-state index is -3.11. The molecule has 3 heterocycles. The minimum Gasteiger partial charge on any atom is -0.466 e. The molecule has 0 unspecified atom stereocenters. The highest BCUT2D eigenvalue weighted by atomic mass is 32.2. The summed E-state index contributed by atoms with van der Waals surface area (Å²) in [5.41, 5.74) is 0. The Morgan fingerprint density at radius 3 is 1.45 bits per heavy atom. The van der Waals surface area contributed by atoms with Gasteiger partial charge in [0, 0.05) is 32.8 Å². The average Bonchev–Trinajstić information content (AvgIpc) is 2.89. The largest absolute Gasteiger partial charge is 0.466 e. The summed E-state index contributed by atoms with van der Waals surface area (Å²) in [5.74, 6) is 0.0850. The molecule has 0 atom stereocenters. The summed E-state index contributed by atoms with van der Waals surface area (Å²) in [4.78, 5) is 22.5. The monoisotopic (exact) mass is 585 g/mol. The molecule has 3 aliphatic heterocycles. The molecule has 38 heavy (non-hydrogen) atoms. The van der Waals surface area contributed by atoms with Crippen LogP contribution in [0.2, 0.25) is 0 Å². The zero-order valence-corrected chi connectivity index (χ0v) is 24.9. The van der Waals surface area contributed by atoms with Crippen LogP contribution in [0.1, 0.15) is 52.4 Å². The van der Waals surface area contributed by atoms with Crippen molar-refractivity contribution in [2.24, 2.45) is 17.8 Å². The van der Waals surface area contributed by atoms with Crippen molar-refractivity contribution in [3.05, 3.63) is 0 Å². The normalized spacial score (nSPS) is 20.9. The number of ether oxygens (including phenoxy) is 2. The summed E-state index contributed by atoms with van der Waals surface area (Å²) in [6, 6.07) is 0. The van der Waals surface area contributed by atoms with Gasteiger partial charge in [-0.1, -0.05) is 0 Å². The predicted molar refractivity (Wildman–Crippen MR) is 144 cm³/mol. The number of carbonyl (C=O) groups excluding carboxylic acids is 2. The van der Waals surface area contributed by atoms with Crippen LogP contribution in [-0.4, -0.2) is 114 Å². The molecule has 12 nitrogen and oxygen atoms in total. The molecule has 0 radical (unpaired) electrons. The van der Waals surface area contributed by atoms with Crippen LogP contribution in [-0.2, 0) is 39.1 Å². The SMILES string of the molecule is CCOC(=O)C1CCN(S(C)(=O)=O)CC1.CCOC(=O)C1CCNCC1.CS(=O)(=O)N1CCC(CO)CC1. The van der Waals surface area contributed by atoms with E-state index in [0.29, 0.717) is 58.2 Å². The van der Waals surface area contributed by atoms with Gasteiger partial charge in [-0.2, -0.15) is 0 Å². The molecule has 14 heteroatoms. The molecule has 0 spiro atoms. The number of hydrogen-bond donors (Lipinski definition) is 2. The lowest BCUT2D eigenvalue weighted by Gasteiger charge is -2.28. The lowest BCUT2D eigenvalue weighted by molar-refractivity contribution is -0.150. The number of sulfonamides is 2. The molecule has 2 N–H and O–H groups in total. The van der Waals surface area contributed by atoms with Gasteiger partial charge in [0.15, 0.2) is 0 Å². The quantitative estimate of drug-likeness (QED) is 0.401. The van der Waals surface area contributed by atoms with Gasteiger partial charge in [0.25, 0.3) is 0 Å². The van der Waals surface area contributed by atoms with Gasteiger partial charge in [-0.25, -0.2) is 25.4 Å². The second-order valence-electron chi connectivity index (χ2n) is 9.75. The van der Waals surface area contributed by atoms with Crippen LogP contribution in [0.4, 0.5) is 0 Å². The van der Waals surface area contributed by atoms with Crippen molar-refractivity contribution in [2.75, 3.05) is 71.6 Å². The molecule has 3 aliphatic rings. The molecule has 3 saturated heterocycles. The van der Waals surface area contributed by atoms with Crippen molar-refractivity contribution >= 4 is 32.0 Å². The summed E-state index contributed by atoms with van der Waals surface area (Å²) in [7, 11) is -6.11. The summed E-state index contributed by atoms with van der Waals surface area (Å²) in [6.45, 7) is 8.53. The highest BCUT2D eigenvalue weighted by Gasteiger charge is 2.29. The number of nitrogens with zero attached hydrogens (tertiary/aromatic N) is 2. The maximum atomic E-state index is 11.4.